The minimum absolute atomic E-state index is 0. The molecule has 0 bridgehead atoms. The normalized spacial score (nSPS) is 20.2. The number of halogens is 1. The summed E-state index contributed by atoms with van der Waals surface area (Å²) in [5, 5.41) is 3.38. The summed E-state index contributed by atoms with van der Waals surface area (Å²) in [6.45, 7) is 11.3. The maximum absolute atomic E-state index is 12.6. The Labute approximate surface area is 186 Å². The Kier molecular flexibility index (Phi) is 8.16. The summed E-state index contributed by atoms with van der Waals surface area (Å²) in [6, 6.07) is 7.18. The van der Waals surface area contributed by atoms with Crippen molar-refractivity contribution in [3.8, 4) is 0 Å². The summed E-state index contributed by atoms with van der Waals surface area (Å²) in [4.78, 5) is 7.47. The van der Waals surface area contributed by atoms with Crippen molar-refractivity contribution in [1.82, 2.24) is 14.5 Å². The predicted octanol–water partition coefficient (Wildman–Crippen LogP) is 3.29. The molecule has 0 radical (unpaired) electrons. The van der Waals surface area contributed by atoms with Crippen LogP contribution in [0.3, 0.4) is 0 Å². The van der Waals surface area contributed by atoms with Crippen molar-refractivity contribution >= 4 is 40.0 Å². The highest BCUT2D eigenvalue weighted by Crippen LogP contribution is 2.28. The molecule has 0 aliphatic carbocycles. The third-order valence-electron chi connectivity index (χ3n) is 5.35. The molecular formula is C20H33IN4O2S. The zero-order valence-corrected chi connectivity index (χ0v) is 20.3. The molecular weight excluding hydrogens is 487 g/mol. The van der Waals surface area contributed by atoms with Crippen molar-refractivity contribution in [3.63, 3.8) is 0 Å². The van der Waals surface area contributed by atoms with E-state index in [1.165, 1.54) is 6.42 Å². The lowest BCUT2D eigenvalue weighted by atomic mass is 9.93. The van der Waals surface area contributed by atoms with Crippen molar-refractivity contribution in [3.05, 3.63) is 29.8 Å². The number of hydrogen-bond donors (Lipinski definition) is 1. The van der Waals surface area contributed by atoms with Gasteiger partial charge < -0.3 is 10.2 Å². The van der Waals surface area contributed by atoms with Crippen LogP contribution in [0.25, 0.3) is 0 Å². The van der Waals surface area contributed by atoms with Crippen LogP contribution in [0.4, 0.5) is 0 Å². The molecule has 1 N–H and O–H groups in total. The number of hydrogen-bond acceptors (Lipinski definition) is 3. The van der Waals surface area contributed by atoms with Crippen LogP contribution in [0.5, 0.6) is 0 Å². The summed E-state index contributed by atoms with van der Waals surface area (Å²) in [5.74, 6) is 0.942. The molecule has 0 aromatic heterocycles. The molecule has 2 fully saturated rings. The van der Waals surface area contributed by atoms with Crippen LogP contribution >= 0.6 is 24.0 Å². The Hall–Kier alpha value is -0.870. The number of aliphatic imine (C=N–C) groups is 1. The highest BCUT2D eigenvalue weighted by atomic mass is 127. The van der Waals surface area contributed by atoms with Gasteiger partial charge in [-0.15, -0.1) is 24.0 Å². The van der Waals surface area contributed by atoms with Crippen molar-refractivity contribution in [2.45, 2.75) is 51.5 Å². The number of guanidine groups is 1. The van der Waals surface area contributed by atoms with Gasteiger partial charge in [-0.2, -0.15) is 4.31 Å². The zero-order chi connectivity index (χ0) is 19.5. The van der Waals surface area contributed by atoms with Crippen LogP contribution in [-0.4, -0.2) is 56.3 Å². The van der Waals surface area contributed by atoms with Gasteiger partial charge in [0, 0.05) is 32.7 Å². The van der Waals surface area contributed by atoms with Gasteiger partial charge in [-0.25, -0.2) is 13.4 Å². The Morgan fingerprint density at radius 1 is 1.14 bits per heavy atom. The van der Waals surface area contributed by atoms with Gasteiger partial charge >= 0.3 is 0 Å². The minimum atomic E-state index is -3.34. The Morgan fingerprint density at radius 3 is 2.32 bits per heavy atom. The van der Waals surface area contributed by atoms with Crippen molar-refractivity contribution in [2.24, 2.45) is 10.4 Å². The van der Waals surface area contributed by atoms with Gasteiger partial charge in [0.2, 0.25) is 10.0 Å². The highest BCUT2D eigenvalue weighted by Gasteiger charge is 2.31. The van der Waals surface area contributed by atoms with Crippen molar-refractivity contribution in [2.75, 3.05) is 32.7 Å². The van der Waals surface area contributed by atoms with Crippen molar-refractivity contribution < 1.29 is 8.42 Å². The average Bonchev–Trinajstić information content (AvgIpc) is 3.29. The number of rotatable bonds is 5. The van der Waals surface area contributed by atoms with E-state index in [-0.39, 0.29) is 24.0 Å². The standard InChI is InChI=1S/C20H32N4O2S.HI/c1-4-21-19(23-14-11-20(2,3)16-23)22-15-17-7-9-18(10-8-17)27(25,26)24-12-5-6-13-24;/h7-10H,4-6,11-16H2,1-3H3,(H,21,22);1H. The summed E-state index contributed by atoms with van der Waals surface area (Å²) in [5.41, 5.74) is 1.34. The number of benzene rings is 1. The second-order valence-electron chi connectivity index (χ2n) is 8.26. The lowest BCUT2D eigenvalue weighted by Crippen LogP contribution is -2.40. The van der Waals surface area contributed by atoms with Gasteiger partial charge in [0.1, 0.15) is 0 Å². The molecule has 0 atom stereocenters. The zero-order valence-electron chi connectivity index (χ0n) is 17.1. The molecule has 0 amide bonds. The molecule has 0 spiro atoms. The lowest BCUT2D eigenvalue weighted by Gasteiger charge is -2.23. The van der Waals surface area contributed by atoms with E-state index in [9.17, 15) is 8.42 Å². The molecule has 1 aromatic carbocycles. The van der Waals surface area contributed by atoms with Crippen LogP contribution in [0.2, 0.25) is 0 Å². The maximum Gasteiger partial charge on any atom is 0.243 e. The Morgan fingerprint density at radius 2 is 1.79 bits per heavy atom. The monoisotopic (exact) mass is 520 g/mol. The van der Waals surface area contributed by atoms with Gasteiger partial charge in [-0.05, 0) is 49.3 Å². The molecule has 2 heterocycles. The number of sulfonamides is 1. The van der Waals surface area contributed by atoms with E-state index in [1.807, 2.05) is 12.1 Å². The summed E-state index contributed by atoms with van der Waals surface area (Å²) >= 11 is 0. The molecule has 1 aromatic rings. The van der Waals surface area contributed by atoms with Gasteiger partial charge in [0.05, 0.1) is 11.4 Å². The summed E-state index contributed by atoms with van der Waals surface area (Å²) in [6.07, 6.45) is 3.07. The largest absolute Gasteiger partial charge is 0.357 e. The van der Waals surface area contributed by atoms with E-state index in [2.05, 4.69) is 31.0 Å². The Balaban J connectivity index is 0.00000280. The van der Waals surface area contributed by atoms with E-state index >= 15 is 0 Å². The third kappa shape index (κ3) is 5.60. The first kappa shape index (κ1) is 23.4. The van der Waals surface area contributed by atoms with E-state index in [1.54, 1.807) is 16.4 Å². The fourth-order valence-electron chi connectivity index (χ4n) is 3.73. The highest BCUT2D eigenvalue weighted by molar-refractivity contribution is 14.0. The first-order chi connectivity index (χ1) is 12.8. The SMILES string of the molecule is CCNC(=NCc1ccc(S(=O)(=O)N2CCCC2)cc1)N1CCC(C)(C)C1.I. The van der Waals surface area contributed by atoms with E-state index < -0.39 is 10.0 Å². The summed E-state index contributed by atoms with van der Waals surface area (Å²) in [7, 11) is -3.34. The van der Waals surface area contributed by atoms with Crippen LogP contribution in [0.1, 0.15) is 45.6 Å². The number of likely N-dealkylation sites (tertiary alicyclic amines) is 1. The minimum Gasteiger partial charge on any atom is -0.357 e. The third-order valence-corrected chi connectivity index (χ3v) is 7.26. The quantitative estimate of drug-likeness (QED) is 0.368. The molecule has 8 heteroatoms. The molecule has 3 rings (SSSR count). The number of nitrogens with one attached hydrogen (secondary N) is 1. The molecule has 158 valence electrons. The van der Waals surface area contributed by atoms with E-state index in [0.29, 0.717) is 29.9 Å². The van der Waals surface area contributed by atoms with E-state index in [4.69, 9.17) is 4.99 Å². The maximum atomic E-state index is 12.6. The van der Waals surface area contributed by atoms with Crippen LogP contribution in [0, 0.1) is 5.41 Å². The first-order valence-corrected chi connectivity index (χ1v) is 11.4. The van der Waals surface area contributed by atoms with E-state index in [0.717, 1.165) is 44.0 Å². The van der Waals surface area contributed by atoms with Crippen molar-refractivity contribution in [1.29, 1.82) is 0 Å². The Bertz CT molecular complexity index is 772. The molecule has 6 nitrogen and oxygen atoms in total. The molecule has 2 saturated heterocycles. The average molecular weight is 520 g/mol. The molecule has 28 heavy (non-hydrogen) atoms. The van der Waals surface area contributed by atoms with Gasteiger partial charge in [0.15, 0.2) is 5.96 Å². The van der Waals surface area contributed by atoms with Crippen LogP contribution < -0.4 is 5.32 Å². The molecule has 0 unspecified atom stereocenters. The van der Waals surface area contributed by atoms with Crippen LogP contribution in [-0.2, 0) is 16.6 Å². The molecule has 2 aliphatic heterocycles. The van der Waals surface area contributed by atoms with Gasteiger partial charge in [-0.1, -0.05) is 26.0 Å². The van der Waals surface area contributed by atoms with Gasteiger partial charge in [-0.3, -0.25) is 0 Å². The number of nitrogens with zero attached hydrogens (tertiary/aromatic N) is 3. The summed E-state index contributed by atoms with van der Waals surface area (Å²) < 4.78 is 26.8. The fourth-order valence-corrected chi connectivity index (χ4v) is 5.25. The van der Waals surface area contributed by atoms with Crippen LogP contribution in [0.15, 0.2) is 34.2 Å². The molecule has 0 saturated carbocycles. The first-order valence-electron chi connectivity index (χ1n) is 9.94. The topological polar surface area (TPSA) is 65.0 Å². The second kappa shape index (κ2) is 9.75. The second-order valence-corrected chi connectivity index (χ2v) is 10.2. The van der Waals surface area contributed by atoms with Gasteiger partial charge in [0.25, 0.3) is 0 Å². The lowest BCUT2D eigenvalue weighted by molar-refractivity contribution is 0.370. The fraction of sp³-hybridized carbons (Fsp3) is 0.650. The molecule has 2 aliphatic rings. The smallest absolute Gasteiger partial charge is 0.243 e. The predicted molar refractivity (Wildman–Crippen MR) is 125 cm³/mol.